The number of aliphatic hydroxyl groups is 1. The molecule has 100 valence electrons. The lowest BCUT2D eigenvalue weighted by atomic mass is 10.2. The van der Waals surface area contributed by atoms with Gasteiger partial charge in [-0.3, -0.25) is 4.90 Å². The smallest absolute Gasteiger partial charge is 0.407 e. The molecular weight excluding hydrogens is 304 g/mol. The van der Waals surface area contributed by atoms with E-state index in [1.54, 1.807) is 13.0 Å². The number of carboxylic acid groups (broad SMARTS) is 1. The first-order chi connectivity index (χ1) is 8.43. The Bertz CT molecular complexity index is 428. The molecule has 0 saturated heterocycles. The highest BCUT2D eigenvalue weighted by Gasteiger charge is 2.18. The Morgan fingerprint density at radius 1 is 1.56 bits per heavy atom. The summed E-state index contributed by atoms with van der Waals surface area (Å²) in [6, 6.07) is 2.99. The zero-order chi connectivity index (χ0) is 13.7. The minimum absolute atomic E-state index is 0.0144. The number of carbonyl (C=O) groups is 1. The van der Waals surface area contributed by atoms with Crippen LogP contribution in [0.25, 0.3) is 0 Å². The second-order valence-corrected chi connectivity index (χ2v) is 4.64. The van der Waals surface area contributed by atoms with Gasteiger partial charge in [0.2, 0.25) is 0 Å². The molecule has 1 atom stereocenters. The fraction of sp³-hybridized carbons (Fsp3) is 0.455. The first kappa shape index (κ1) is 14.7. The van der Waals surface area contributed by atoms with Gasteiger partial charge >= 0.3 is 6.09 Å². The van der Waals surface area contributed by atoms with E-state index in [0.717, 1.165) is 4.90 Å². The molecule has 1 heterocycles. The fourth-order valence-electron chi connectivity index (χ4n) is 1.36. The Labute approximate surface area is 113 Å². The number of hydrogen-bond donors (Lipinski definition) is 3. The van der Waals surface area contributed by atoms with Gasteiger partial charge in [-0.2, -0.15) is 0 Å². The molecule has 3 N–H and O–H groups in total. The maximum Gasteiger partial charge on any atom is 0.407 e. The first-order valence-corrected chi connectivity index (χ1v) is 6.23. The third-order valence-electron chi connectivity index (χ3n) is 2.43. The van der Waals surface area contributed by atoms with Crippen LogP contribution in [0.15, 0.2) is 16.7 Å². The Kier molecular flexibility index (Phi) is 5.36. The van der Waals surface area contributed by atoms with Crippen LogP contribution in [0, 0.1) is 0 Å². The second-order valence-electron chi connectivity index (χ2n) is 3.82. The van der Waals surface area contributed by atoms with Crippen LogP contribution in [-0.2, 0) is 6.54 Å². The highest BCUT2D eigenvalue weighted by molar-refractivity contribution is 9.10. The molecule has 7 heteroatoms. The van der Waals surface area contributed by atoms with Crippen molar-refractivity contribution >= 4 is 22.0 Å². The van der Waals surface area contributed by atoms with Gasteiger partial charge < -0.3 is 15.3 Å². The molecule has 0 aromatic carbocycles. The van der Waals surface area contributed by atoms with E-state index in [0.29, 0.717) is 11.0 Å². The summed E-state index contributed by atoms with van der Waals surface area (Å²) in [5.41, 5.74) is 0.245. The Morgan fingerprint density at radius 3 is 2.78 bits per heavy atom. The molecule has 0 aliphatic heterocycles. The zero-order valence-corrected chi connectivity index (χ0v) is 11.5. The van der Waals surface area contributed by atoms with Crippen molar-refractivity contribution in [1.29, 1.82) is 0 Å². The number of rotatable bonds is 5. The summed E-state index contributed by atoms with van der Waals surface area (Å²) in [7, 11) is 0. The molecule has 1 amide bonds. The molecule has 18 heavy (non-hydrogen) atoms. The van der Waals surface area contributed by atoms with Crippen molar-refractivity contribution < 1.29 is 20.1 Å². The summed E-state index contributed by atoms with van der Waals surface area (Å²) in [6.45, 7) is 1.68. The second kappa shape index (κ2) is 6.55. The summed E-state index contributed by atoms with van der Waals surface area (Å²) in [5, 5.41) is 28.1. The van der Waals surface area contributed by atoms with Crippen molar-refractivity contribution in [3.05, 3.63) is 22.4 Å². The number of hydrogen-bond acceptors (Lipinski definition) is 4. The Balaban J connectivity index is 2.83. The van der Waals surface area contributed by atoms with E-state index >= 15 is 0 Å². The summed E-state index contributed by atoms with van der Waals surface area (Å²) >= 11 is 3.15. The van der Waals surface area contributed by atoms with Gasteiger partial charge in [0.05, 0.1) is 19.2 Å². The average molecular weight is 319 g/mol. The van der Waals surface area contributed by atoms with E-state index < -0.39 is 12.2 Å². The Morgan fingerprint density at radius 2 is 2.22 bits per heavy atom. The summed E-state index contributed by atoms with van der Waals surface area (Å²) in [6.07, 6.45) is -1.43. The van der Waals surface area contributed by atoms with Crippen molar-refractivity contribution in [2.45, 2.75) is 26.0 Å². The lowest BCUT2D eigenvalue weighted by Gasteiger charge is -2.21. The quantitative estimate of drug-likeness (QED) is 0.720. The van der Waals surface area contributed by atoms with Gasteiger partial charge in [-0.05, 0) is 34.5 Å². The minimum Gasteiger partial charge on any atom is -0.506 e. The number of pyridine rings is 1. The van der Waals surface area contributed by atoms with Crippen LogP contribution in [0.1, 0.15) is 19.0 Å². The highest BCUT2D eigenvalue weighted by Crippen LogP contribution is 2.19. The molecule has 6 nitrogen and oxygen atoms in total. The third kappa shape index (κ3) is 4.15. The van der Waals surface area contributed by atoms with Gasteiger partial charge in [0.15, 0.2) is 0 Å². The van der Waals surface area contributed by atoms with Crippen LogP contribution in [-0.4, -0.2) is 43.9 Å². The van der Waals surface area contributed by atoms with Crippen LogP contribution in [0.3, 0.4) is 0 Å². The number of aliphatic hydroxyl groups excluding tert-OH is 1. The van der Waals surface area contributed by atoms with Crippen LogP contribution in [0.4, 0.5) is 4.79 Å². The molecule has 0 bridgehead atoms. The van der Waals surface area contributed by atoms with Crippen LogP contribution in [0.5, 0.6) is 5.75 Å². The van der Waals surface area contributed by atoms with E-state index in [1.165, 1.54) is 6.07 Å². The molecule has 0 aliphatic rings. The van der Waals surface area contributed by atoms with Crippen LogP contribution in [0.2, 0.25) is 0 Å². The number of aromatic hydroxyl groups is 1. The van der Waals surface area contributed by atoms with Gasteiger partial charge in [0.1, 0.15) is 16.0 Å². The predicted octanol–water partition coefficient (Wildman–Crippen LogP) is 1.80. The lowest BCUT2D eigenvalue weighted by molar-refractivity contribution is 0.0906. The van der Waals surface area contributed by atoms with E-state index in [2.05, 4.69) is 20.9 Å². The molecule has 0 spiro atoms. The number of aromatic nitrogens is 1. The Hall–Kier alpha value is -1.34. The normalized spacial score (nSPS) is 12.2. The van der Waals surface area contributed by atoms with Gasteiger partial charge in [-0.25, -0.2) is 9.78 Å². The third-order valence-corrected chi connectivity index (χ3v) is 2.87. The average Bonchev–Trinajstić information content (AvgIpc) is 2.32. The maximum atomic E-state index is 11.0. The monoisotopic (exact) mass is 318 g/mol. The van der Waals surface area contributed by atoms with Crippen LogP contribution >= 0.6 is 15.9 Å². The topological polar surface area (TPSA) is 93.9 Å². The number of nitrogens with zero attached hydrogens (tertiary/aromatic N) is 2. The van der Waals surface area contributed by atoms with Crippen molar-refractivity contribution in [2.24, 2.45) is 0 Å². The molecular formula is C11H15BrN2O4. The molecule has 0 fully saturated rings. The molecule has 0 aliphatic carbocycles. The molecule has 1 rings (SSSR count). The molecule has 1 aromatic heterocycles. The first-order valence-electron chi connectivity index (χ1n) is 5.44. The maximum absolute atomic E-state index is 11.0. The zero-order valence-electron chi connectivity index (χ0n) is 9.88. The molecule has 1 aromatic rings. The van der Waals surface area contributed by atoms with Crippen LogP contribution < -0.4 is 0 Å². The largest absolute Gasteiger partial charge is 0.506 e. The van der Waals surface area contributed by atoms with Crippen molar-refractivity contribution in [2.75, 3.05) is 6.54 Å². The number of amides is 1. The summed E-state index contributed by atoms with van der Waals surface area (Å²) in [4.78, 5) is 16.1. The summed E-state index contributed by atoms with van der Waals surface area (Å²) in [5.74, 6) is -0.0737. The fourth-order valence-corrected chi connectivity index (χ4v) is 1.70. The molecule has 1 unspecified atom stereocenters. The van der Waals surface area contributed by atoms with Crippen molar-refractivity contribution in [1.82, 2.24) is 9.88 Å². The lowest BCUT2D eigenvalue weighted by Crippen LogP contribution is -2.36. The van der Waals surface area contributed by atoms with Gasteiger partial charge in [0, 0.05) is 0 Å². The van der Waals surface area contributed by atoms with E-state index in [9.17, 15) is 15.0 Å². The van der Waals surface area contributed by atoms with Gasteiger partial charge in [0.25, 0.3) is 0 Å². The van der Waals surface area contributed by atoms with Gasteiger partial charge in [-0.15, -0.1) is 0 Å². The van der Waals surface area contributed by atoms with Crippen molar-refractivity contribution in [3.8, 4) is 5.75 Å². The molecule has 0 radical (unpaired) electrons. The molecule has 0 saturated carbocycles. The van der Waals surface area contributed by atoms with Gasteiger partial charge in [-0.1, -0.05) is 6.92 Å². The minimum atomic E-state index is -1.16. The highest BCUT2D eigenvalue weighted by atomic mass is 79.9. The van der Waals surface area contributed by atoms with E-state index in [4.69, 9.17) is 5.11 Å². The summed E-state index contributed by atoms with van der Waals surface area (Å²) < 4.78 is 0.511. The predicted molar refractivity (Wildman–Crippen MR) is 68.3 cm³/mol. The SMILES string of the molecule is CCC(O)CN(Cc1nc(Br)ccc1O)C(=O)O. The van der Waals surface area contributed by atoms with E-state index in [-0.39, 0.29) is 24.5 Å². The standard InChI is InChI=1S/C11H15BrN2O4/c1-2-7(15)5-14(11(17)18)6-8-9(16)3-4-10(12)13-8/h3-4,7,15-16H,2,5-6H2,1H3,(H,17,18). The van der Waals surface area contributed by atoms with Crippen molar-refractivity contribution in [3.63, 3.8) is 0 Å². The number of halogens is 1. The van der Waals surface area contributed by atoms with E-state index in [1.807, 2.05) is 0 Å².